The van der Waals surface area contributed by atoms with Gasteiger partial charge in [-0.05, 0) is 81.3 Å². The van der Waals surface area contributed by atoms with E-state index >= 15 is 0 Å². The molecule has 0 aliphatic carbocycles. The molecule has 0 bridgehead atoms. The van der Waals surface area contributed by atoms with Crippen molar-refractivity contribution in [1.29, 1.82) is 0 Å². The van der Waals surface area contributed by atoms with Crippen LogP contribution in [0, 0.1) is 0 Å². The summed E-state index contributed by atoms with van der Waals surface area (Å²) in [5.41, 5.74) is 1.04. The van der Waals surface area contributed by atoms with Gasteiger partial charge >= 0.3 is 0 Å². The number of nitrogens with zero attached hydrogens (tertiary/aromatic N) is 2. The molecule has 10 heteroatoms. The van der Waals surface area contributed by atoms with Gasteiger partial charge < -0.3 is 19.7 Å². The maximum Gasteiger partial charge on any atom is 0.264 e. The van der Waals surface area contributed by atoms with Crippen LogP contribution in [0.4, 0.5) is 5.69 Å². The molecule has 0 spiro atoms. The van der Waals surface area contributed by atoms with E-state index in [1.807, 2.05) is 33.8 Å². The van der Waals surface area contributed by atoms with Crippen molar-refractivity contribution in [1.82, 2.24) is 10.2 Å². The van der Waals surface area contributed by atoms with Crippen molar-refractivity contribution in [3.8, 4) is 11.5 Å². The SMILES string of the molecule is CCOc1ccc(N(CC(=O)N(Cc2cccc(OC)c2)[C@H](CC)C(=O)NC(C)C)S(=O)(=O)c2ccccc2)cc1. The minimum Gasteiger partial charge on any atom is -0.497 e. The van der Waals surface area contributed by atoms with Crippen molar-refractivity contribution in [2.24, 2.45) is 0 Å². The second-order valence-corrected chi connectivity index (χ2v) is 11.6. The number of carbonyl (C=O) groups excluding carboxylic acids is 2. The molecule has 0 aliphatic rings. The number of nitrogens with one attached hydrogen (secondary N) is 1. The lowest BCUT2D eigenvalue weighted by Gasteiger charge is -2.33. The Balaban J connectivity index is 2.06. The Labute approximate surface area is 243 Å². The van der Waals surface area contributed by atoms with E-state index in [0.29, 0.717) is 30.2 Å². The number of benzene rings is 3. The zero-order chi connectivity index (χ0) is 30.0. The summed E-state index contributed by atoms with van der Waals surface area (Å²) in [5.74, 6) is 0.359. The molecule has 0 unspecified atom stereocenters. The number of methoxy groups -OCH3 is 1. The van der Waals surface area contributed by atoms with E-state index in [4.69, 9.17) is 9.47 Å². The average Bonchev–Trinajstić information content (AvgIpc) is 2.96. The minimum absolute atomic E-state index is 0.0469. The van der Waals surface area contributed by atoms with Gasteiger partial charge in [0, 0.05) is 12.6 Å². The van der Waals surface area contributed by atoms with Crippen molar-refractivity contribution in [3.63, 3.8) is 0 Å². The fourth-order valence-corrected chi connectivity index (χ4v) is 5.83. The van der Waals surface area contributed by atoms with E-state index < -0.39 is 28.5 Å². The first kappa shape index (κ1) is 31.5. The molecule has 220 valence electrons. The highest BCUT2D eigenvalue weighted by Crippen LogP contribution is 2.27. The predicted octanol–water partition coefficient (Wildman–Crippen LogP) is 4.62. The summed E-state index contributed by atoms with van der Waals surface area (Å²) in [5, 5.41) is 2.89. The summed E-state index contributed by atoms with van der Waals surface area (Å²) >= 11 is 0. The van der Waals surface area contributed by atoms with Gasteiger partial charge in [-0.1, -0.05) is 37.3 Å². The smallest absolute Gasteiger partial charge is 0.264 e. The number of ether oxygens (including phenoxy) is 2. The third-order valence-corrected chi connectivity index (χ3v) is 8.14. The third-order valence-electron chi connectivity index (χ3n) is 6.35. The monoisotopic (exact) mass is 581 g/mol. The number of hydrogen-bond donors (Lipinski definition) is 1. The van der Waals surface area contributed by atoms with E-state index in [2.05, 4.69) is 5.32 Å². The molecule has 0 fully saturated rings. The number of rotatable bonds is 14. The van der Waals surface area contributed by atoms with Crippen molar-refractivity contribution < 1.29 is 27.5 Å². The normalized spacial score (nSPS) is 12.0. The van der Waals surface area contributed by atoms with Crippen molar-refractivity contribution in [2.75, 3.05) is 24.6 Å². The fourth-order valence-electron chi connectivity index (χ4n) is 4.39. The lowest BCUT2D eigenvalue weighted by atomic mass is 10.1. The van der Waals surface area contributed by atoms with Crippen molar-refractivity contribution in [2.45, 2.75) is 57.6 Å². The summed E-state index contributed by atoms with van der Waals surface area (Å²) in [6, 6.07) is 20.7. The van der Waals surface area contributed by atoms with E-state index in [-0.39, 0.29) is 23.4 Å². The van der Waals surface area contributed by atoms with Crippen molar-refractivity contribution in [3.05, 3.63) is 84.4 Å². The molecule has 2 amide bonds. The molecular weight excluding hydrogens is 542 g/mol. The summed E-state index contributed by atoms with van der Waals surface area (Å²) in [6.45, 7) is 7.40. The number of carbonyl (C=O) groups is 2. The van der Waals surface area contributed by atoms with Crippen LogP contribution in [0.5, 0.6) is 11.5 Å². The van der Waals surface area contributed by atoms with E-state index in [1.54, 1.807) is 67.8 Å². The minimum atomic E-state index is -4.14. The Hall–Kier alpha value is -4.05. The van der Waals surface area contributed by atoms with Gasteiger partial charge in [-0.25, -0.2) is 8.42 Å². The molecule has 0 radical (unpaired) electrons. The van der Waals surface area contributed by atoms with Crippen LogP contribution in [-0.2, 0) is 26.2 Å². The van der Waals surface area contributed by atoms with Crippen LogP contribution < -0.4 is 19.1 Å². The molecule has 1 atom stereocenters. The van der Waals surface area contributed by atoms with Gasteiger partial charge in [-0.3, -0.25) is 13.9 Å². The first-order valence-corrected chi connectivity index (χ1v) is 15.1. The van der Waals surface area contributed by atoms with Crippen LogP contribution in [0.3, 0.4) is 0 Å². The van der Waals surface area contributed by atoms with Gasteiger partial charge in [-0.15, -0.1) is 0 Å². The average molecular weight is 582 g/mol. The Morgan fingerprint density at radius 3 is 2.17 bits per heavy atom. The molecule has 0 aliphatic heterocycles. The lowest BCUT2D eigenvalue weighted by molar-refractivity contribution is -0.140. The molecule has 41 heavy (non-hydrogen) atoms. The van der Waals surface area contributed by atoms with Crippen LogP contribution in [0.2, 0.25) is 0 Å². The first-order chi connectivity index (χ1) is 19.6. The molecule has 9 nitrogen and oxygen atoms in total. The Morgan fingerprint density at radius 1 is 0.902 bits per heavy atom. The summed E-state index contributed by atoms with van der Waals surface area (Å²) in [6.07, 6.45) is 0.336. The Morgan fingerprint density at radius 2 is 1.59 bits per heavy atom. The third kappa shape index (κ3) is 8.23. The van der Waals surface area contributed by atoms with Crippen LogP contribution in [0.25, 0.3) is 0 Å². The van der Waals surface area contributed by atoms with E-state index in [0.717, 1.165) is 9.87 Å². The largest absolute Gasteiger partial charge is 0.497 e. The second-order valence-electron chi connectivity index (χ2n) is 9.71. The van der Waals surface area contributed by atoms with Gasteiger partial charge in [0.25, 0.3) is 10.0 Å². The van der Waals surface area contributed by atoms with Gasteiger partial charge in [0.15, 0.2) is 0 Å². The maximum absolute atomic E-state index is 14.1. The maximum atomic E-state index is 14.1. The predicted molar refractivity (Wildman–Crippen MR) is 159 cm³/mol. The summed E-state index contributed by atoms with van der Waals surface area (Å²) < 4.78 is 39.7. The molecule has 0 heterocycles. The van der Waals surface area contributed by atoms with Crippen LogP contribution in [0.15, 0.2) is 83.8 Å². The zero-order valence-corrected chi connectivity index (χ0v) is 25.1. The Bertz CT molecular complexity index is 1390. The lowest BCUT2D eigenvalue weighted by Crippen LogP contribution is -2.53. The van der Waals surface area contributed by atoms with E-state index in [1.165, 1.54) is 17.0 Å². The molecule has 3 aromatic rings. The fraction of sp³-hybridized carbons (Fsp3) is 0.355. The summed E-state index contributed by atoms with van der Waals surface area (Å²) in [7, 11) is -2.59. The zero-order valence-electron chi connectivity index (χ0n) is 24.2. The first-order valence-electron chi connectivity index (χ1n) is 13.6. The standard InChI is InChI=1S/C31H39N3O6S/c1-6-29(31(36)32-23(3)4)33(21-24-12-11-13-27(20-24)39-5)30(35)22-34(25-16-18-26(19-17-25)40-7-2)41(37,38)28-14-9-8-10-15-28/h8-20,23,29H,6-7,21-22H2,1-5H3,(H,32,36)/t29-/m1/s1. The van der Waals surface area contributed by atoms with Gasteiger partial charge in [0.2, 0.25) is 11.8 Å². The Kier molecular flexibility index (Phi) is 11.2. The number of anilines is 1. The molecule has 0 saturated heterocycles. The van der Waals surface area contributed by atoms with Crippen molar-refractivity contribution >= 4 is 27.5 Å². The molecule has 3 aromatic carbocycles. The highest BCUT2D eigenvalue weighted by molar-refractivity contribution is 7.92. The highest BCUT2D eigenvalue weighted by Gasteiger charge is 2.33. The number of hydrogen-bond acceptors (Lipinski definition) is 6. The molecule has 0 saturated carbocycles. The van der Waals surface area contributed by atoms with Gasteiger partial charge in [0.05, 0.1) is 24.3 Å². The highest BCUT2D eigenvalue weighted by atomic mass is 32.2. The van der Waals surface area contributed by atoms with Crippen LogP contribution >= 0.6 is 0 Å². The molecule has 3 rings (SSSR count). The summed E-state index contributed by atoms with van der Waals surface area (Å²) in [4.78, 5) is 28.8. The molecular formula is C31H39N3O6S. The molecule has 1 N–H and O–H groups in total. The molecule has 0 aromatic heterocycles. The second kappa shape index (κ2) is 14.5. The topological polar surface area (TPSA) is 105 Å². The number of sulfonamides is 1. The van der Waals surface area contributed by atoms with Gasteiger partial charge in [0.1, 0.15) is 24.1 Å². The van der Waals surface area contributed by atoms with E-state index in [9.17, 15) is 18.0 Å². The van der Waals surface area contributed by atoms with Gasteiger partial charge in [-0.2, -0.15) is 0 Å². The van der Waals surface area contributed by atoms with Crippen LogP contribution in [0.1, 0.15) is 39.7 Å². The quantitative estimate of drug-likeness (QED) is 0.298. The number of amides is 2. The van der Waals surface area contributed by atoms with Crippen LogP contribution in [-0.4, -0.2) is 57.5 Å².